The van der Waals surface area contributed by atoms with Gasteiger partial charge in [0.25, 0.3) is 0 Å². The number of carbonyl (C=O) groups excluding carboxylic acids is 1. The van der Waals surface area contributed by atoms with Crippen molar-refractivity contribution in [2.75, 3.05) is 21.3 Å². The van der Waals surface area contributed by atoms with E-state index in [1.54, 1.807) is 38.8 Å². The molecule has 5 nitrogen and oxygen atoms in total. The van der Waals surface area contributed by atoms with Gasteiger partial charge in [0.1, 0.15) is 28.0 Å². The van der Waals surface area contributed by atoms with Crippen molar-refractivity contribution >= 4 is 17.1 Å². The molecule has 0 aliphatic carbocycles. The number of methoxy groups -OCH3 is 3. The highest BCUT2D eigenvalue weighted by molar-refractivity contribution is 7.13. The summed E-state index contributed by atoms with van der Waals surface area (Å²) >= 11 is 1.37. The van der Waals surface area contributed by atoms with Crippen LogP contribution in [0.15, 0.2) is 17.5 Å². The molecule has 0 atom stereocenters. The molecule has 0 spiro atoms. The van der Waals surface area contributed by atoms with Crippen molar-refractivity contribution in [2.45, 2.75) is 6.92 Å². The monoisotopic (exact) mass is 293 g/mol. The molecule has 20 heavy (non-hydrogen) atoms. The average molecular weight is 293 g/mol. The van der Waals surface area contributed by atoms with Gasteiger partial charge in [-0.05, 0) is 0 Å². The summed E-state index contributed by atoms with van der Waals surface area (Å²) in [6, 6.07) is 3.51. The zero-order chi connectivity index (χ0) is 14.7. The van der Waals surface area contributed by atoms with Crippen molar-refractivity contribution in [3.8, 4) is 27.8 Å². The van der Waals surface area contributed by atoms with E-state index in [4.69, 9.17) is 14.2 Å². The summed E-state index contributed by atoms with van der Waals surface area (Å²) in [4.78, 5) is 15.7. The quantitative estimate of drug-likeness (QED) is 0.793. The second kappa shape index (κ2) is 5.92. The lowest BCUT2D eigenvalue weighted by molar-refractivity contribution is 0.101. The number of ether oxygens (including phenoxy) is 3. The van der Waals surface area contributed by atoms with Crippen LogP contribution in [0.4, 0.5) is 0 Å². The van der Waals surface area contributed by atoms with Crippen LogP contribution in [-0.4, -0.2) is 32.1 Å². The van der Waals surface area contributed by atoms with E-state index in [9.17, 15) is 4.79 Å². The molecule has 0 saturated heterocycles. The lowest BCUT2D eigenvalue weighted by Crippen LogP contribution is -1.96. The first kappa shape index (κ1) is 14.3. The second-order valence-electron chi connectivity index (χ2n) is 4.00. The van der Waals surface area contributed by atoms with Gasteiger partial charge in [-0.15, -0.1) is 11.3 Å². The largest absolute Gasteiger partial charge is 0.496 e. The molecule has 0 aliphatic rings. The zero-order valence-corrected chi connectivity index (χ0v) is 12.5. The molecule has 1 heterocycles. The summed E-state index contributed by atoms with van der Waals surface area (Å²) in [5.74, 6) is 1.74. The van der Waals surface area contributed by atoms with Gasteiger partial charge in [0, 0.05) is 24.4 Å². The van der Waals surface area contributed by atoms with Gasteiger partial charge >= 0.3 is 0 Å². The molecule has 0 aliphatic heterocycles. The highest BCUT2D eigenvalue weighted by atomic mass is 32.1. The number of nitrogens with zero attached hydrogens (tertiary/aromatic N) is 1. The van der Waals surface area contributed by atoms with Crippen molar-refractivity contribution in [2.24, 2.45) is 0 Å². The van der Waals surface area contributed by atoms with Crippen LogP contribution in [0, 0.1) is 0 Å². The first-order chi connectivity index (χ1) is 9.60. The van der Waals surface area contributed by atoms with Gasteiger partial charge in [0.2, 0.25) is 0 Å². The number of aromatic nitrogens is 1. The maximum atomic E-state index is 11.4. The van der Waals surface area contributed by atoms with Crippen molar-refractivity contribution < 1.29 is 19.0 Å². The van der Waals surface area contributed by atoms with Crippen molar-refractivity contribution in [3.63, 3.8) is 0 Å². The molecule has 0 radical (unpaired) electrons. The number of ketones is 1. The van der Waals surface area contributed by atoms with E-state index in [0.29, 0.717) is 33.5 Å². The van der Waals surface area contributed by atoms with E-state index in [1.807, 2.05) is 0 Å². The summed E-state index contributed by atoms with van der Waals surface area (Å²) in [6.07, 6.45) is 0. The van der Waals surface area contributed by atoms with Gasteiger partial charge in [-0.1, -0.05) is 0 Å². The fourth-order valence-electron chi connectivity index (χ4n) is 1.77. The number of thiazole rings is 1. The Balaban J connectivity index is 2.61. The standard InChI is InChI=1S/C14H15NO4S/c1-8(16)10-7-20-14(15-10)13-11(18-3)5-9(17-2)6-12(13)19-4/h5-7H,1-4H3. The summed E-state index contributed by atoms with van der Waals surface area (Å²) in [5.41, 5.74) is 1.15. The van der Waals surface area contributed by atoms with E-state index >= 15 is 0 Å². The van der Waals surface area contributed by atoms with E-state index in [-0.39, 0.29) is 5.78 Å². The Morgan fingerprint density at radius 2 is 1.70 bits per heavy atom. The fraction of sp³-hybridized carbons (Fsp3) is 0.286. The minimum atomic E-state index is -0.0704. The van der Waals surface area contributed by atoms with Crippen molar-refractivity contribution in [1.29, 1.82) is 0 Å². The lowest BCUT2D eigenvalue weighted by Gasteiger charge is -2.13. The minimum absolute atomic E-state index is 0.0704. The Morgan fingerprint density at radius 3 is 2.10 bits per heavy atom. The average Bonchev–Trinajstić information content (AvgIpc) is 2.95. The molecule has 0 unspecified atom stereocenters. The third-order valence-corrected chi connectivity index (χ3v) is 3.65. The van der Waals surface area contributed by atoms with E-state index < -0.39 is 0 Å². The molecule has 0 bridgehead atoms. The molecule has 0 fully saturated rings. The molecule has 0 saturated carbocycles. The molecule has 6 heteroatoms. The van der Waals surface area contributed by atoms with E-state index in [0.717, 1.165) is 0 Å². The lowest BCUT2D eigenvalue weighted by atomic mass is 10.1. The Hall–Kier alpha value is -2.08. The van der Waals surface area contributed by atoms with Crippen LogP contribution < -0.4 is 14.2 Å². The highest BCUT2D eigenvalue weighted by Gasteiger charge is 2.19. The number of rotatable bonds is 5. The predicted octanol–water partition coefficient (Wildman–Crippen LogP) is 3.04. The van der Waals surface area contributed by atoms with Gasteiger partial charge in [-0.25, -0.2) is 4.98 Å². The van der Waals surface area contributed by atoms with Gasteiger partial charge < -0.3 is 14.2 Å². The first-order valence-corrected chi connectivity index (χ1v) is 6.75. The normalized spacial score (nSPS) is 10.2. The van der Waals surface area contributed by atoms with Crippen LogP contribution in [0.25, 0.3) is 10.6 Å². The highest BCUT2D eigenvalue weighted by Crippen LogP contribution is 2.42. The zero-order valence-electron chi connectivity index (χ0n) is 11.7. The van der Waals surface area contributed by atoms with Crippen LogP contribution in [0.1, 0.15) is 17.4 Å². The summed E-state index contributed by atoms with van der Waals surface area (Å²) in [5, 5.41) is 2.40. The predicted molar refractivity (Wildman–Crippen MR) is 77.2 cm³/mol. The topological polar surface area (TPSA) is 57.7 Å². The number of benzene rings is 1. The molecule has 2 aromatic rings. The maximum Gasteiger partial charge on any atom is 0.178 e. The van der Waals surface area contributed by atoms with Crippen LogP contribution in [0.3, 0.4) is 0 Å². The maximum absolute atomic E-state index is 11.4. The summed E-state index contributed by atoms with van der Waals surface area (Å²) < 4.78 is 16.0. The summed E-state index contributed by atoms with van der Waals surface area (Å²) in [7, 11) is 4.71. The molecular weight excluding hydrogens is 278 g/mol. The molecular formula is C14H15NO4S. The second-order valence-corrected chi connectivity index (χ2v) is 4.86. The number of carbonyl (C=O) groups is 1. The van der Waals surface area contributed by atoms with E-state index in [2.05, 4.69) is 4.98 Å². The molecule has 1 aromatic carbocycles. The van der Waals surface area contributed by atoms with E-state index in [1.165, 1.54) is 18.3 Å². The Kier molecular flexibility index (Phi) is 4.24. The fourth-order valence-corrected chi connectivity index (χ4v) is 2.68. The molecule has 106 valence electrons. The van der Waals surface area contributed by atoms with Crippen molar-refractivity contribution in [1.82, 2.24) is 4.98 Å². The first-order valence-electron chi connectivity index (χ1n) is 5.87. The van der Waals surface area contributed by atoms with Crippen molar-refractivity contribution in [3.05, 3.63) is 23.2 Å². The molecule has 0 N–H and O–H groups in total. The van der Waals surface area contributed by atoms with Gasteiger partial charge in [0.15, 0.2) is 5.78 Å². The summed E-state index contributed by atoms with van der Waals surface area (Å²) in [6.45, 7) is 1.49. The van der Waals surface area contributed by atoms with Crippen LogP contribution in [-0.2, 0) is 0 Å². The number of hydrogen-bond donors (Lipinski definition) is 0. The SMILES string of the molecule is COc1cc(OC)c(-c2nc(C(C)=O)cs2)c(OC)c1. The van der Waals surface area contributed by atoms with Gasteiger partial charge in [0.05, 0.1) is 26.9 Å². The number of Topliss-reactive ketones (excluding diaryl/α,β-unsaturated/α-hetero) is 1. The smallest absolute Gasteiger partial charge is 0.178 e. The minimum Gasteiger partial charge on any atom is -0.496 e. The third-order valence-electron chi connectivity index (χ3n) is 2.79. The molecule has 1 aromatic heterocycles. The Morgan fingerprint density at radius 1 is 1.10 bits per heavy atom. The van der Waals surface area contributed by atoms with Crippen LogP contribution in [0.2, 0.25) is 0 Å². The molecule has 2 rings (SSSR count). The Labute approximate surface area is 121 Å². The Bertz CT molecular complexity index is 611. The molecule has 0 amide bonds. The number of hydrogen-bond acceptors (Lipinski definition) is 6. The van der Waals surface area contributed by atoms with Gasteiger partial charge in [-0.3, -0.25) is 4.79 Å². The third kappa shape index (κ3) is 2.60. The van der Waals surface area contributed by atoms with Gasteiger partial charge in [-0.2, -0.15) is 0 Å². The van der Waals surface area contributed by atoms with Crippen LogP contribution >= 0.6 is 11.3 Å². The van der Waals surface area contributed by atoms with Crippen LogP contribution in [0.5, 0.6) is 17.2 Å².